The minimum Gasteiger partial charge on any atom is -0.375 e. The van der Waals surface area contributed by atoms with Gasteiger partial charge in [-0.3, -0.25) is 0 Å². The molecule has 74 heavy (non-hydrogen) atoms. The summed E-state index contributed by atoms with van der Waals surface area (Å²) in [6.45, 7) is 35.0. The molecule has 0 unspecified atom stereocenters. The number of rotatable bonds is 4. The molecule has 0 radical (unpaired) electrons. The third kappa shape index (κ3) is 7.52. The van der Waals surface area contributed by atoms with Crippen molar-refractivity contribution in [1.82, 2.24) is 9.05 Å². The van der Waals surface area contributed by atoms with Gasteiger partial charge in [0.05, 0.1) is 11.0 Å². The van der Waals surface area contributed by atoms with Crippen LogP contribution in [0.15, 0.2) is 164 Å². The van der Waals surface area contributed by atoms with E-state index in [9.17, 15) is 0 Å². The molecule has 0 aliphatic carbocycles. The van der Waals surface area contributed by atoms with E-state index in [-0.39, 0.29) is 33.9 Å². The summed E-state index contributed by atoms with van der Waals surface area (Å²) in [6.07, 6.45) is 0. The highest BCUT2D eigenvalue weighted by Gasteiger charge is 2.46. The number of hydrogen-bond acceptors (Lipinski definition) is 1. The standard InChI is InChI=1S/C70H72BN3/c1-66(2,3)45-26-31-50(32-27-45)72-58-35-30-47(68(7,8)9)36-52(58)53-41-57-60(42-59(53)72)73(51-33-28-46(29-34-51)67(4,5)6)61-40-49(70(13,14)15)37-54-55-38-48(69(10,11)12)39-56-62(43-22-18-16-19-23-43)64(44-24-20-17-21-25-44)74(65(55)56)71(57)63(54)61/h16-42H,1-15H3. The maximum atomic E-state index is 2.78. The van der Waals surface area contributed by atoms with Gasteiger partial charge in [0.1, 0.15) is 0 Å². The lowest BCUT2D eigenvalue weighted by molar-refractivity contribution is 0.589. The van der Waals surface area contributed by atoms with Gasteiger partial charge in [-0.05, 0) is 143 Å². The molecule has 0 N–H and O–H groups in total. The van der Waals surface area contributed by atoms with Crippen molar-refractivity contribution in [3.8, 4) is 39.2 Å². The highest BCUT2D eigenvalue weighted by Crippen LogP contribution is 2.52. The Hall–Kier alpha value is -7.04. The zero-order valence-electron chi connectivity index (χ0n) is 46.5. The fourth-order valence-corrected chi connectivity index (χ4v) is 12.2. The zero-order chi connectivity index (χ0) is 52.2. The highest BCUT2D eigenvalue weighted by molar-refractivity contribution is 6.90. The van der Waals surface area contributed by atoms with Crippen LogP contribution in [0.3, 0.4) is 0 Å². The van der Waals surface area contributed by atoms with Crippen LogP contribution in [0.2, 0.25) is 0 Å². The van der Waals surface area contributed by atoms with E-state index in [1.165, 1.54) is 122 Å². The van der Waals surface area contributed by atoms with Crippen molar-refractivity contribution in [1.29, 1.82) is 0 Å². The Morgan fingerprint density at radius 3 is 1.42 bits per heavy atom. The Morgan fingerprint density at radius 1 is 0.365 bits per heavy atom. The van der Waals surface area contributed by atoms with Crippen LogP contribution in [0.25, 0.3) is 71.9 Å². The van der Waals surface area contributed by atoms with Crippen molar-refractivity contribution in [3.63, 3.8) is 0 Å². The van der Waals surface area contributed by atoms with Crippen LogP contribution < -0.4 is 15.8 Å². The molecule has 0 atom stereocenters. The summed E-state index contributed by atoms with van der Waals surface area (Å²) in [5, 5.41) is 3.85. The summed E-state index contributed by atoms with van der Waals surface area (Å²) >= 11 is 0. The first-order chi connectivity index (χ1) is 34.9. The first-order valence-electron chi connectivity index (χ1n) is 27.0. The van der Waals surface area contributed by atoms with E-state index in [0.29, 0.717) is 0 Å². The second-order valence-electron chi connectivity index (χ2n) is 26.8. The second-order valence-corrected chi connectivity index (χ2v) is 26.8. The van der Waals surface area contributed by atoms with Crippen LogP contribution in [0.5, 0.6) is 0 Å². The zero-order valence-corrected chi connectivity index (χ0v) is 46.5. The van der Waals surface area contributed by atoms with E-state index in [4.69, 9.17) is 0 Å². The highest BCUT2D eigenvalue weighted by atomic mass is 15.2. The van der Waals surface area contributed by atoms with Crippen molar-refractivity contribution in [2.75, 3.05) is 4.90 Å². The molecule has 0 saturated carbocycles. The van der Waals surface area contributed by atoms with Gasteiger partial charge in [0.2, 0.25) is 0 Å². The SMILES string of the molecule is CC(C)(C)c1ccc(N2c3cc4c(cc3B3c5c(cc(C(C)(C)C)cc52)-c2cc(C(C)(C)C)cc5c(-c6ccccc6)c(-c6ccccc6)n3c25)c2cc(C(C)(C)C)ccc2n4-c2ccc(C(C)(C)C)cc2)cc1. The van der Waals surface area contributed by atoms with Crippen molar-refractivity contribution in [2.24, 2.45) is 0 Å². The Labute approximate surface area is 441 Å². The summed E-state index contributed by atoms with van der Waals surface area (Å²) in [4.78, 5) is 2.64. The molecule has 10 aromatic rings. The molecule has 2 aliphatic heterocycles. The van der Waals surface area contributed by atoms with Gasteiger partial charge < -0.3 is 13.9 Å². The van der Waals surface area contributed by atoms with Crippen molar-refractivity contribution < 1.29 is 0 Å². The van der Waals surface area contributed by atoms with Gasteiger partial charge >= 0.3 is 6.85 Å². The van der Waals surface area contributed by atoms with Crippen molar-refractivity contribution in [2.45, 2.75) is 131 Å². The summed E-state index contributed by atoms with van der Waals surface area (Å²) in [5.41, 5.74) is 25.2. The minimum atomic E-state index is -0.156. The second kappa shape index (κ2) is 16.2. The molecule has 2 aliphatic rings. The summed E-state index contributed by atoms with van der Waals surface area (Å²) < 4.78 is 5.32. The summed E-state index contributed by atoms with van der Waals surface area (Å²) in [6, 6.07) is 63.9. The van der Waals surface area contributed by atoms with Crippen molar-refractivity contribution in [3.05, 3.63) is 192 Å². The quantitative estimate of drug-likeness (QED) is 0.160. The van der Waals surface area contributed by atoms with E-state index in [0.717, 1.165) is 5.69 Å². The van der Waals surface area contributed by atoms with Crippen LogP contribution in [0.1, 0.15) is 132 Å². The van der Waals surface area contributed by atoms with Gasteiger partial charge in [0, 0.05) is 61.2 Å². The lowest BCUT2D eigenvalue weighted by Crippen LogP contribution is -2.57. The monoisotopic (exact) mass is 966 g/mol. The molecule has 0 saturated heterocycles. The van der Waals surface area contributed by atoms with Crippen LogP contribution >= 0.6 is 0 Å². The fourth-order valence-electron chi connectivity index (χ4n) is 12.2. The molecule has 370 valence electrons. The maximum absolute atomic E-state index is 2.78. The Balaban J connectivity index is 1.30. The third-order valence-corrected chi connectivity index (χ3v) is 16.5. The van der Waals surface area contributed by atoms with E-state index < -0.39 is 0 Å². The van der Waals surface area contributed by atoms with Gasteiger partial charge in [-0.2, -0.15) is 0 Å². The Kier molecular flexibility index (Phi) is 10.5. The van der Waals surface area contributed by atoms with Gasteiger partial charge in [0.25, 0.3) is 0 Å². The van der Waals surface area contributed by atoms with Crippen molar-refractivity contribution >= 4 is 67.5 Å². The normalized spacial score (nSPS) is 13.8. The number of hydrogen-bond donors (Lipinski definition) is 0. The minimum absolute atomic E-state index is 0.00879. The molecule has 12 rings (SSSR count). The number of benzene rings is 8. The largest absolute Gasteiger partial charge is 0.375 e. The maximum Gasteiger partial charge on any atom is 0.333 e. The van der Waals surface area contributed by atoms with E-state index >= 15 is 0 Å². The molecule has 4 heteroatoms. The van der Waals surface area contributed by atoms with Gasteiger partial charge in [0.15, 0.2) is 0 Å². The molecule has 3 nitrogen and oxygen atoms in total. The predicted molar refractivity (Wildman–Crippen MR) is 321 cm³/mol. The van der Waals surface area contributed by atoms with E-state index in [1.54, 1.807) is 0 Å². The van der Waals surface area contributed by atoms with Gasteiger partial charge in [-0.25, -0.2) is 0 Å². The smallest absolute Gasteiger partial charge is 0.333 e. The van der Waals surface area contributed by atoms with Crippen LogP contribution in [0.4, 0.5) is 17.1 Å². The Bertz CT molecular complexity index is 3870. The number of nitrogens with zero attached hydrogens (tertiary/aromatic N) is 3. The molecule has 0 bridgehead atoms. The molecule has 8 aromatic carbocycles. The molecular formula is C70H72BN3. The average Bonchev–Trinajstić information content (AvgIpc) is 3.93. The molecular weight excluding hydrogens is 894 g/mol. The molecule has 0 fully saturated rings. The number of fused-ring (bicyclic) bond motifs is 7. The lowest BCUT2D eigenvalue weighted by atomic mass is 9.44. The lowest BCUT2D eigenvalue weighted by Gasteiger charge is -2.42. The first-order valence-corrected chi connectivity index (χ1v) is 27.0. The molecule has 0 amide bonds. The molecule has 4 heterocycles. The average molecular weight is 966 g/mol. The summed E-state index contributed by atoms with van der Waals surface area (Å²) in [5.74, 6) is 0. The Morgan fingerprint density at radius 2 is 0.851 bits per heavy atom. The third-order valence-electron chi connectivity index (χ3n) is 16.5. The molecule has 2 aromatic heterocycles. The van der Waals surface area contributed by atoms with E-state index in [2.05, 4.69) is 282 Å². The van der Waals surface area contributed by atoms with Crippen LogP contribution in [-0.4, -0.2) is 15.9 Å². The first kappa shape index (κ1) is 47.9. The predicted octanol–water partition coefficient (Wildman–Crippen LogP) is 18.0. The molecule has 0 spiro atoms. The van der Waals surface area contributed by atoms with Crippen LogP contribution in [-0.2, 0) is 27.1 Å². The topological polar surface area (TPSA) is 13.1 Å². The number of aromatic nitrogens is 2. The van der Waals surface area contributed by atoms with Gasteiger partial charge in [-0.15, -0.1) is 0 Å². The fraction of sp³-hybridized carbons (Fsp3) is 0.286. The van der Waals surface area contributed by atoms with Gasteiger partial charge in [-0.1, -0.05) is 207 Å². The number of anilines is 3. The van der Waals surface area contributed by atoms with Crippen LogP contribution in [0, 0.1) is 0 Å². The summed E-state index contributed by atoms with van der Waals surface area (Å²) in [7, 11) is 0. The van der Waals surface area contributed by atoms with E-state index in [1.807, 2.05) is 0 Å².